The number of halogens is 1. The second-order valence-electron chi connectivity index (χ2n) is 5.81. The van der Waals surface area contributed by atoms with E-state index < -0.39 is 0 Å². The summed E-state index contributed by atoms with van der Waals surface area (Å²) in [5.74, 6) is -0.255. The number of aryl methyl sites for hydroxylation is 1. The van der Waals surface area contributed by atoms with E-state index >= 15 is 0 Å². The van der Waals surface area contributed by atoms with Crippen LogP contribution in [0.5, 0.6) is 0 Å². The molecule has 0 aromatic heterocycles. The van der Waals surface area contributed by atoms with Crippen molar-refractivity contribution < 1.29 is 14.3 Å². The van der Waals surface area contributed by atoms with Crippen molar-refractivity contribution in [3.8, 4) is 0 Å². The Labute approximate surface area is 125 Å². The molecule has 1 aromatic carbocycles. The van der Waals surface area contributed by atoms with Crippen LogP contribution >= 0.6 is 0 Å². The third kappa shape index (κ3) is 4.02. The van der Waals surface area contributed by atoms with E-state index in [1.165, 1.54) is 12.1 Å². The average molecular weight is 294 g/mol. The molecule has 2 N–H and O–H groups in total. The number of rotatable bonds is 4. The number of aliphatic hydroxyl groups excluding tert-OH is 1. The maximum absolute atomic E-state index is 13.3. The highest BCUT2D eigenvalue weighted by Gasteiger charge is 2.27. The number of nitrogens with one attached hydrogen (secondary N) is 1. The monoisotopic (exact) mass is 294 g/mol. The molecule has 4 nitrogen and oxygen atoms in total. The summed E-state index contributed by atoms with van der Waals surface area (Å²) in [7, 11) is 0. The maximum atomic E-state index is 13.3. The number of benzene rings is 1. The fourth-order valence-electron chi connectivity index (χ4n) is 2.73. The zero-order valence-corrected chi connectivity index (χ0v) is 12.6. The first-order valence-corrected chi connectivity index (χ1v) is 7.43. The molecule has 21 heavy (non-hydrogen) atoms. The summed E-state index contributed by atoms with van der Waals surface area (Å²) in [5, 5.41) is 12.1. The molecule has 1 heterocycles. The van der Waals surface area contributed by atoms with E-state index in [2.05, 4.69) is 10.2 Å². The molecule has 5 heteroatoms. The molecule has 1 aromatic rings. The molecule has 1 amide bonds. The molecule has 1 aliphatic rings. The minimum atomic E-state index is -0.359. The van der Waals surface area contributed by atoms with Gasteiger partial charge in [0, 0.05) is 18.8 Å². The van der Waals surface area contributed by atoms with Gasteiger partial charge in [-0.1, -0.05) is 6.07 Å². The van der Waals surface area contributed by atoms with E-state index in [9.17, 15) is 14.3 Å². The van der Waals surface area contributed by atoms with Crippen LogP contribution in [-0.4, -0.2) is 41.7 Å². The number of piperidine rings is 1. The van der Waals surface area contributed by atoms with Crippen molar-refractivity contribution in [1.29, 1.82) is 0 Å². The summed E-state index contributed by atoms with van der Waals surface area (Å²) in [6.45, 7) is 5.43. The van der Waals surface area contributed by atoms with Gasteiger partial charge < -0.3 is 10.4 Å². The van der Waals surface area contributed by atoms with Gasteiger partial charge in [0.15, 0.2) is 0 Å². The van der Waals surface area contributed by atoms with Crippen LogP contribution in [0.4, 0.5) is 10.1 Å². The van der Waals surface area contributed by atoms with Gasteiger partial charge in [-0.05, 0) is 56.8 Å². The van der Waals surface area contributed by atoms with Crippen LogP contribution < -0.4 is 5.32 Å². The van der Waals surface area contributed by atoms with Gasteiger partial charge in [0.2, 0.25) is 5.91 Å². The molecule has 0 aliphatic carbocycles. The molecule has 1 fully saturated rings. The number of amides is 1. The normalized spacial score (nSPS) is 21.0. The lowest BCUT2D eigenvalue weighted by atomic mass is 9.97. The fourth-order valence-corrected chi connectivity index (χ4v) is 2.73. The number of carbonyl (C=O) groups excluding carboxylic acids is 1. The van der Waals surface area contributed by atoms with E-state index in [-0.39, 0.29) is 30.3 Å². The molecule has 2 unspecified atom stereocenters. The van der Waals surface area contributed by atoms with Gasteiger partial charge >= 0.3 is 0 Å². The smallest absolute Gasteiger partial charge is 0.241 e. The van der Waals surface area contributed by atoms with E-state index in [4.69, 9.17) is 0 Å². The van der Waals surface area contributed by atoms with Gasteiger partial charge in [-0.15, -0.1) is 0 Å². The quantitative estimate of drug-likeness (QED) is 0.895. The van der Waals surface area contributed by atoms with Crippen LogP contribution in [0.3, 0.4) is 0 Å². The lowest BCUT2D eigenvalue weighted by Gasteiger charge is -2.35. The summed E-state index contributed by atoms with van der Waals surface area (Å²) in [5.41, 5.74) is 1.35. The molecule has 116 valence electrons. The van der Waals surface area contributed by atoms with Gasteiger partial charge in [-0.25, -0.2) is 4.39 Å². The van der Waals surface area contributed by atoms with Crippen LogP contribution in [0, 0.1) is 18.7 Å². The highest BCUT2D eigenvalue weighted by atomic mass is 19.1. The Hall–Kier alpha value is -1.46. The Morgan fingerprint density at radius 3 is 3.05 bits per heavy atom. The molecule has 2 rings (SSSR count). The Kier molecular flexibility index (Phi) is 5.31. The van der Waals surface area contributed by atoms with Crippen LogP contribution in [0.2, 0.25) is 0 Å². The summed E-state index contributed by atoms with van der Waals surface area (Å²) in [4.78, 5) is 14.4. The third-order valence-corrected chi connectivity index (χ3v) is 4.19. The summed E-state index contributed by atoms with van der Waals surface area (Å²) in [6.07, 6.45) is 1.99. The zero-order chi connectivity index (χ0) is 15.4. The first kappa shape index (κ1) is 15.9. The SMILES string of the molecule is Cc1ccc(F)cc1NC(=O)C(C)N1CCCC(CO)C1. The number of aliphatic hydroxyl groups is 1. The first-order valence-electron chi connectivity index (χ1n) is 7.43. The number of carbonyl (C=O) groups is 1. The van der Waals surface area contributed by atoms with E-state index in [0.29, 0.717) is 5.69 Å². The van der Waals surface area contributed by atoms with Crippen molar-refractivity contribution in [3.63, 3.8) is 0 Å². The van der Waals surface area contributed by atoms with Gasteiger partial charge in [-0.2, -0.15) is 0 Å². The maximum Gasteiger partial charge on any atom is 0.241 e. The summed E-state index contributed by atoms with van der Waals surface area (Å²) in [6, 6.07) is 4.08. The Bertz CT molecular complexity index is 507. The molecular weight excluding hydrogens is 271 g/mol. The molecule has 0 bridgehead atoms. The minimum absolute atomic E-state index is 0.137. The molecule has 0 spiro atoms. The van der Waals surface area contributed by atoms with E-state index in [0.717, 1.165) is 31.5 Å². The largest absolute Gasteiger partial charge is 0.396 e. The number of hydrogen-bond donors (Lipinski definition) is 2. The number of anilines is 1. The third-order valence-electron chi connectivity index (χ3n) is 4.19. The van der Waals surface area contributed by atoms with Crippen LogP contribution in [0.25, 0.3) is 0 Å². The molecule has 0 saturated carbocycles. The van der Waals surface area contributed by atoms with Gasteiger partial charge in [0.25, 0.3) is 0 Å². The van der Waals surface area contributed by atoms with E-state index in [1.807, 2.05) is 13.8 Å². The van der Waals surface area contributed by atoms with Crippen molar-refractivity contribution in [2.45, 2.75) is 32.7 Å². The molecule has 1 aliphatic heterocycles. The standard InChI is InChI=1S/C16H23FN2O2/c1-11-5-6-14(17)8-15(11)18-16(21)12(2)19-7-3-4-13(9-19)10-20/h5-6,8,12-13,20H,3-4,7,9-10H2,1-2H3,(H,18,21). The lowest BCUT2D eigenvalue weighted by Crippen LogP contribution is -2.47. The first-order chi connectivity index (χ1) is 10.0. The second kappa shape index (κ2) is 7.00. The highest BCUT2D eigenvalue weighted by molar-refractivity contribution is 5.95. The molecule has 0 radical (unpaired) electrons. The van der Waals surface area contributed by atoms with Crippen molar-refractivity contribution in [1.82, 2.24) is 4.90 Å². The Morgan fingerprint density at radius 1 is 1.57 bits per heavy atom. The number of nitrogens with zero attached hydrogens (tertiary/aromatic N) is 1. The summed E-state index contributed by atoms with van der Waals surface area (Å²) >= 11 is 0. The minimum Gasteiger partial charge on any atom is -0.396 e. The number of likely N-dealkylation sites (tertiary alicyclic amines) is 1. The Morgan fingerprint density at radius 2 is 2.33 bits per heavy atom. The molecule has 2 atom stereocenters. The molecular formula is C16H23FN2O2. The van der Waals surface area contributed by atoms with Crippen molar-refractivity contribution >= 4 is 11.6 Å². The zero-order valence-electron chi connectivity index (χ0n) is 12.6. The van der Waals surface area contributed by atoms with Crippen LogP contribution in [-0.2, 0) is 4.79 Å². The van der Waals surface area contributed by atoms with Crippen LogP contribution in [0.1, 0.15) is 25.3 Å². The van der Waals surface area contributed by atoms with Crippen LogP contribution in [0.15, 0.2) is 18.2 Å². The second-order valence-corrected chi connectivity index (χ2v) is 5.81. The molecule has 1 saturated heterocycles. The van der Waals surface area contributed by atoms with E-state index in [1.54, 1.807) is 6.07 Å². The van der Waals surface area contributed by atoms with Gasteiger partial charge in [0.1, 0.15) is 5.82 Å². The van der Waals surface area contributed by atoms with Crippen molar-refractivity contribution in [3.05, 3.63) is 29.6 Å². The predicted molar refractivity (Wildman–Crippen MR) is 80.6 cm³/mol. The lowest BCUT2D eigenvalue weighted by molar-refractivity contribution is -0.121. The Balaban J connectivity index is 2.00. The predicted octanol–water partition coefficient (Wildman–Crippen LogP) is 2.17. The average Bonchev–Trinajstić information content (AvgIpc) is 2.50. The highest BCUT2D eigenvalue weighted by Crippen LogP contribution is 2.20. The fraction of sp³-hybridized carbons (Fsp3) is 0.562. The topological polar surface area (TPSA) is 52.6 Å². The van der Waals surface area contributed by atoms with Crippen molar-refractivity contribution in [2.24, 2.45) is 5.92 Å². The van der Waals surface area contributed by atoms with Crippen molar-refractivity contribution in [2.75, 3.05) is 25.0 Å². The van der Waals surface area contributed by atoms with Gasteiger partial charge in [0.05, 0.1) is 6.04 Å². The summed E-state index contributed by atoms with van der Waals surface area (Å²) < 4.78 is 13.3. The number of hydrogen-bond acceptors (Lipinski definition) is 3. The van der Waals surface area contributed by atoms with Gasteiger partial charge in [-0.3, -0.25) is 9.69 Å².